The van der Waals surface area contributed by atoms with Gasteiger partial charge < -0.3 is 26.8 Å². The van der Waals surface area contributed by atoms with Crippen molar-refractivity contribution in [1.82, 2.24) is 10.6 Å². The van der Waals surface area contributed by atoms with Crippen LogP contribution in [0.15, 0.2) is 10.3 Å². The van der Waals surface area contributed by atoms with Crippen molar-refractivity contribution in [3.05, 3.63) is 0 Å². The van der Waals surface area contributed by atoms with Crippen LogP contribution < -0.4 is 16.4 Å². The third-order valence-corrected chi connectivity index (χ3v) is 4.92. The summed E-state index contributed by atoms with van der Waals surface area (Å²) in [5, 5.41) is 31.3. The molecule has 0 fully saturated rings. The Kier molecular flexibility index (Phi) is 10.1. The zero-order chi connectivity index (χ0) is 18.8. The zero-order valence-corrected chi connectivity index (χ0v) is 16.2. The Hall–Kier alpha value is -1.18. The van der Waals surface area contributed by atoms with Gasteiger partial charge in [0, 0.05) is 0 Å². The highest BCUT2D eigenvalue weighted by atomic mass is 16.4. The van der Waals surface area contributed by atoms with Gasteiger partial charge in [-0.15, -0.1) is 0 Å². The highest BCUT2D eigenvalue weighted by Crippen LogP contribution is 2.14. The highest BCUT2D eigenvalue weighted by molar-refractivity contribution is 5.90. The van der Waals surface area contributed by atoms with Crippen LogP contribution in [0, 0.1) is 5.92 Å². The molecule has 0 aliphatic rings. The summed E-state index contributed by atoms with van der Waals surface area (Å²) < 4.78 is 0. The molecule has 0 aliphatic heterocycles. The second-order valence-electron chi connectivity index (χ2n) is 7.50. The van der Waals surface area contributed by atoms with Gasteiger partial charge in [0.1, 0.15) is 0 Å². The van der Waals surface area contributed by atoms with E-state index >= 15 is 0 Å². The molecule has 0 heterocycles. The average molecular weight is 344 g/mol. The smallest absolute Gasteiger partial charge is 0.0734 e. The minimum absolute atomic E-state index is 0.322. The normalized spacial score (nSPS) is 15.6. The van der Waals surface area contributed by atoms with Gasteiger partial charge in [0.05, 0.1) is 22.5 Å². The molecule has 0 bridgehead atoms. The molecule has 7 nitrogen and oxygen atoms in total. The molecule has 0 aromatic heterocycles. The van der Waals surface area contributed by atoms with Gasteiger partial charge in [0.2, 0.25) is 0 Å². The molecule has 0 unspecified atom stereocenters. The van der Waals surface area contributed by atoms with E-state index in [4.69, 9.17) is 16.1 Å². The molecule has 0 amide bonds. The van der Waals surface area contributed by atoms with Gasteiger partial charge in [0.25, 0.3) is 0 Å². The first-order valence-corrected chi connectivity index (χ1v) is 8.69. The Labute approximate surface area is 146 Å². The molecule has 0 atom stereocenters. The Bertz CT molecular complexity index is 383. The van der Waals surface area contributed by atoms with Gasteiger partial charge in [-0.05, 0) is 86.4 Å². The van der Waals surface area contributed by atoms with Crippen LogP contribution in [0.1, 0.15) is 60.8 Å². The van der Waals surface area contributed by atoms with E-state index in [1.54, 1.807) is 13.8 Å². The third kappa shape index (κ3) is 8.08. The molecule has 6 N–H and O–H groups in total. The summed E-state index contributed by atoms with van der Waals surface area (Å²) in [7, 11) is 0. The maximum atomic E-state index is 8.92. The fourth-order valence-corrected chi connectivity index (χ4v) is 2.35. The number of hydrogen-bond acceptors (Lipinski definition) is 7. The van der Waals surface area contributed by atoms with E-state index < -0.39 is 0 Å². The Morgan fingerprint density at radius 3 is 1.54 bits per heavy atom. The summed E-state index contributed by atoms with van der Waals surface area (Å²) in [5.74, 6) is 0.513. The predicted octanol–water partition coefficient (Wildman–Crippen LogP) is 2.17. The molecule has 0 aromatic carbocycles. The zero-order valence-electron chi connectivity index (χ0n) is 16.2. The third-order valence-electron chi connectivity index (χ3n) is 4.92. The molecule has 0 aliphatic carbocycles. The van der Waals surface area contributed by atoms with Gasteiger partial charge in [-0.1, -0.05) is 10.3 Å². The molecule has 142 valence electrons. The van der Waals surface area contributed by atoms with Crippen LogP contribution in [0.3, 0.4) is 0 Å². The van der Waals surface area contributed by atoms with E-state index in [0.717, 1.165) is 32.4 Å². The molecule has 0 saturated heterocycles. The molecule has 0 rings (SSSR count). The summed E-state index contributed by atoms with van der Waals surface area (Å²) in [6.45, 7) is 14.0. The second kappa shape index (κ2) is 10.6. The van der Waals surface area contributed by atoms with Crippen LogP contribution in [-0.2, 0) is 0 Å². The van der Waals surface area contributed by atoms with Gasteiger partial charge in [-0.25, -0.2) is 0 Å². The van der Waals surface area contributed by atoms with Gasteiger partial charge in [0.15, 0.2) is 0 Å². The van der Waals surface area contributed by atoms with Gasteiger partial charge in [-0.2, -0.15) is 0 Å². The standard InChI is InChI=1S/C17H37N5O2/c1-13(21-23)16(3,4)19-11-8-15(7-10-18)9-12-20-17(5,6)14(2)22-24/h15,19-20,23-24H,7-12,18H2,1-6H3. The first kappa shape index (κ1) is 22.8. The van der Waals surface area contributed by atoms with Crippen molar-refractivity contribution in [3.63, 3.8) is 0 Å². The number of rotatable bonds is 12. The van der Waals surface area contributed by atoms with Crippen LogP contribution in [0.5, 0.6) is 0 Å². The van der Waals surface area contributed by atoms with Crippen molar-refractivity contribution in [2.24, 2.45) is 22.0 Å². The fraction of sp³-hybridized carbons (Fsp3) is 0.882. The summed E-state index contributed by atoms with van der Waals surface area (Å²) >= 11 is 0. The van der Waals surface area contributed by atoms with Crippen molar-refractivity contribution in [2.45, 2.75) is 71.9 Å². The Morgan fingerprint density at radius 1 is 0.875 bits per heavy atom. The topological polar surface area (TPSA) is 115 Å². The van der Waals surface area contributed by atoms with E-state index in [9.17, 15) is 0 Å². The number of nitrogens with zero attached hydrogens (tertiary/aromatic N) is 2. The van der Waals surface area contributed by atoms with Crippen molar-refractivity contribution >= 4 is 11.4 Å². The monoisotopic (exact) mass is 343 g/mol. The minimum Gasteiger partial charge on any atom is -0.411 e. The fourth-order valence-electron chi connectivity index (χ4n) is 2.35. The lowest BCUT2D eigenvalue weighted by Crippen LogP contribution is -2.47. The largest absolute Gasteiger partial charge is 0.411 e. The highest BCUT2D eigenvalue weighted by Gasteiger charge is 2.23. The van der Waals surface area contributed by atoms with Gasteiger partial charge >= 0.3 is 0 Å². The summed E-state index contributed by atoms with van der Waals surface area (Å²) in [6.07, 6.45) is 2.99. The summed E-state index contributed by atoms with van der Waals surface area (Å²) in [5.41, 5.74) is 6.43. The summed E-state index contributed by atoms with van der Waals surface area (Å²) in [6, 6.07) is 0. The van der Waals surface area contributed by atoms with Crippen LogP contribution in [0.25, 0.3) is 0 Å². The number of oxime groups is 2. The molecule has 24 heavy (non-hydrogen) atoms. The quantitative estimate of drug-likeness (QED) is 0.212. The molecule has 0 radical (unpaired) electrons. The van der Waals surface area contributed by atoms with Crippen LogP contribution in [0.4, 0.5) is 0 Å². The predicted molar refractivity (Wildman–Crippen MR) is 100 cm³/mol. The SMILES string of the molecule is CC(=NO)C(C)(C)NCCC(CCN)CCNC(C)(C)C(C)=NO. The van der Waals surface area contributed by atoms with Crippen LogP contribution >= 0.6 is 0 Å². The molecule has 0 aromatic rings. The Morgan fingerprint density at radius 2 is 1.25 bits per heavy atom. The van der Waals surface area contributed by atoms with Crippen LogP contribution in [-0.4, -0.2) is 52.5 Å². The first-order chi connectivity index (χ1) is 11.1. The Balaban J connectivity index is 4.37. The molecule has 7 heteroatoms. The molecule has 0 saturated carbocycles. The van der Waals surface area contributed by atoms with Crippen molar-refractivity contribution < 1.29 is 10.4 Å². The number of hydrogen-bond donors (Lipinski definition) is 5. The first-order valence-electron chi connectivity index (χ1n) is 8.69. The lowest BCUT2D eigenvalue weighted by atomic mass is 9.94. The van der Waals surface area contributed by atoms with E-state index in [-0.39, 0.29) is 11.1 Å². The van der Waals surface area contributed by atoms with Crippen LogP contribution in [0.2, 0.25) is 0 Å². The second-order valence-corrected chi connectivity index (χ2v) is 7.50. The summed E-state index contributed by atoms with van der Waals surface area (Å²) in [4.78, 5) is 0. The van der Waals surface area contributed by atoms with E-state index in [0.29, 0.717) is 23.9 Å². The van der Waals surface area contributed by atoms with Crippen molar-refractivity contribution in [1.29, 1.82) is 0 Å². The maximum Gasteiger partial charge on any atom is 0.0734 e. The average Bonchev–Trinajstić information content (AvgIpc) is 2.52. The number of nitrogens with one attached hydrogen (secondary N) is 2. The van der Waals surface area contributed by atoms with E-state index in [2.05, 4.69) is 20.9 Å². The number of nitrogens with two attached hydrogens (primary N) is 1. The van der Waals surface area contributed by atoms with Crippen molar-refractivity contribution in [2.75, 3.05) is 19.6 Å². The molecular weight excluding hydrogens is 306 g/mol. The maximum absolute atomic E-state index is 8.92. The lowest BCUT2D eigenvalue weighted by molar-refractivity contribution is 0.307. The molecule has 0 spiro atoms. The van der Waals surface area contributed by atoms with E-state index in [1.165, 1.54) is 0 Å². The van der Waals surface area contributed by atoms with Gasteiger partial charge in [-0.3, -0.25) is 0 Å². The lowest BCUT2D eigenvalue weighted by Gasteiger charge is -2.28. The minimum atomic E-state index is -0.322. The molecular formula is C17H37N5O2. The van der Waals surface area contributed by atoms with Crippen molar-refractivity contribution in [3.8, 4) is 0 Å². The van der Waals surface area contributed by atoms with E-state index in [1.807, 2.05) is 27.7 Å².